The van der Waals surface area contributed by atoms with Crippen molar-refractivity contribution < 1.29 is 10.0 Å². The molecule has 6 heteroatoms. The molecule has 2 rings (SSSR count). The Morgan fingerprint density at radius 1 is 1.50 bits per heavy atom. The molecule has 1 aromatic rings. The van der Waals surface area contributed by atoms with Gasteiger partial charge in [0.15, 0.2) is 5.84 Å². The average Bonchev–Trinajstić information content (AvgIpc) is 2.27. The minimum atomic E-state index is -0.878. The molecule has 0 aliphatic heterocycles. The lowest BCUT2D eigenvalue weighted by atomic mass is 9.67. The van der Waals surface area contributed by atoms with E-state index in [-0.39, 0.29) is 11.7 Å². The molecule has 1 aromatic carbocycles. The zero-order valence-electron chi connectivity index (χ0n) is 9.69. The molecule has 0 radical (unpaired) electrons. The van der Waals surface area contributed by atoms with Crippen molar-refractivity contribution in [3.05, 3.63) is 29.3 Å². The summed E-state index contributed by atoms with van der Waals surface area (Å²) in [5, 5.41) is 15.0. The highest BCUT2D eigenvalue weighted by molar-refractivity contribution is 6.31. The zero-order valence-corrected chi connectivity index (χ0v) is 10.4. The van der Waals surface area contributed by atoms with Crippen LogP contribution < -0.4 is 11.1 Å². The number of amides is 1. The van der Waals surface area contributed by atoms with Crippen molar-refractivity contribution in [2.45, 2.75) is 19.3 Å². The summed E-state index contributed by atoms with van der Waals surface area (Å²) in [5.74, 6) is -0.292. The molecule has 0 saturated heterocycles. The van der Waals surface area contributed by atoms with Crippen LogP contribution in [0.15, 0.2) is 29.4 Å². The van der Waals surface area contributed by atoms with Crippen molar-refractivity contribution >= 4 is 29.0 Å². The lowest BCUT2D eigenvalue weighted by Gasteiger charge is -2.38. The fraction of sp³-hybridized carbons (Fsp3) is 0.333. The van der Waals surface area contributed by atoms with Gasteiger partial charge in [0.25, 0.3) is 0 Å². The van der Waals surface area contributed by atoms with E-state index < -0.39 is 5.41 Å². The van der Waals surface area contributed by atoms with Gasteiger partial charge >= 0.3 is 0 Å². The Kier molecular flexibility index (Phi) is 3.43. The Hall–Kier alpha value is -1.75. The summed E-state index contributed by atoms with van der Waals surface area (Å²) in [6.07, 6.45) is 2.07. The molecule has 0 spiro atoms. The molecule has 4 N–H and O–H groups in total. The minimum Gasteiger partial charge on any atom is -0.409 e. The van der Waals surface area contributed by atoms with Gasteiger partial charge in [-0.25, -0.2) is 0 Å². The van der Waals surface area contributed by atoms with Crippen LogP contribution in [0.5, 0.6) is 0 Å². The SMILES string of the molecule is N/C(=N/O)C1(C(=O)Nc2cccc(Cl)c2)CCC1. The normalized spacial score (nSPS) is 17.9. The molecule has 1 aliphatic carbocycles. The lowest BCUT2D eigenvalue weighted by Crippen LogP contribution is -2.51. The van der Waals surface area contributed by atoms with Gasteiger partial charge in [-0.3, -0.25) is 4.79 Å². The van der Waals surface area contributed by atoms with E-state index in [1.165, 1.54) is 0 Å². The largest absolute Gasteiger partial charge is 0.409 e. The highest BCUT2D eigenvalue weighted by Crippen LogP contribution is 2.42. The van der Waals surface area contributed by atoms with E-state index in [4.69, 9.17) is 22.5 Å². The number of amidine groups is 1. The van der Waals surface area contributed by atoms with Gasteiger partial charge in [0, 0.05) is 10.7 Å². The molecule has 1 amide bonds. The summed E-state index contributed by atoms with van der Waals surface area (Å²) in [6, 6.07) is 6.86. The van der Waals surface area contributed by atoms with E-state index in [0.717, 1.165) is 6.42 Å². The number of anilines is 1. The molecule has 0 heterocycles. The molecular weight excluding hydrogens is 254 g/mol. The maximum Gasteiger partial charge on any atom is 0.238 e. The van der Waals surface area contributed by atoms with Crippen molar-refractivity contribution in [3.63, 3.8) is 0 Å². The van der Waals surface area contributed by atoms with E-state index in [1.54, 1.807) is 24.3 Å². The lowest BCUT2D eigenvalue weighted by molar-refractivity contribution is -0.125. The molecule has 96 valence electrons. The van der Waals surface area contributed by atoms with Gasteiger partial charge in [-0.15, -0.1) is 0 Å². The van der Waals surface area contributed by atoms with Crippen LogP contribution in [0.3, 0.4) is 0 Å². The number of nitrogens with one attached hydrogen (secondary N) is 1. The molecule has 0 aromatic heterocycles. The molecule has 1 fully saturated rings. The second-order valence-electron chi connectivity index (χ2n) is 4.39. The van der Waals surface area contributed by atoms with E-state index in [1.807, 2.05) is 0 Å². The van der Waals surface area contributed by atoms with Gasteiger partial charge in [-0.05, 0) is 31.0 Å². The monoisotopic (exact) mass is 267 g/mol. The zero-order chi connectivity index (χ0) is 13.2. The van der Waals surface area contributed by atoms with Crippen LogP contribution in [-0.2, 0) is 4.79 Å². The van der Waals surface area contributed by atoms with Crippen LogP contribution in [0.4, 0.5) is 5.69 Å². The fourth-order valence-corrected chi connectivity index (χ4v) is 2.23. The van der Waals surface area contributed by atoms with E-state index in [9.17, 15) is 4.79 Å². The highest BCUT2D eigenvalue weighted by atomic mass is 35.5. The molecule has 18 heavy (non-hydrogen) atoms. The van der Waals surface area contributed by atoms with Crippen molar-refractivity contribution in [1.29, 1.82) is 0 Å². The van der Waals surface area contributed by atoms with E-state index in [2.05, 4.69) is 10.5 Å². The van der Waals surface area contributed by atoms with Crippen LogP contribution in [0.2, 0.25) is 5.02 Å². The number of nitrogens with zero attached hydrogens (tertiary/aromatic N) is 1. The number of carbonyl (C=O) groups excluding carboxylic acids is 1. The van der Waals surface area contributed by atoms with Gasteiger partial charge in [0.2, 0.25) is 5.91 Å². The van der Waals surface area contributed by atoms with Gasteiger partial charge < -0.3 is 16.3 Å². The maximum absolute atomic E-state index is 12.2. The van der Waals surface area contributed by atoms with E-state index >= 15 is 0 Å². The number of halogens is 1. The highest BCUT2D eigenvalue weighted by Gasteiger charge is 2.48. The number of hydrogen-bond donors (Lipinski definition) is 3. The third-order valence-electron chi connectivity index (χ3n) is 3.32. The Labute approximate surface area is 110 Å². The molecule has 5 nitrogen and oxygen atoms in total. The predicted octanol–water partition coefficient (Wildman–Crippen LogP) is 2.20. The van der Waals surface area contributed by atoms with E-state index in [0.29, 0.717) is 23.6 Å². The van der Waals surface area contributed by atoms with Crippen LogP contribution in [0, 0.1) is 5.41 Å². The molecule has 1 saturated carbocycles. The van der Waals surface area contributed by atoms with Gasteiger partial charge in [0.05, 0.1) is 0 Å². The van der Waals surface area contributed by atoms with Gasteiger partial charge in [0.1, 0.15) is 5.41 Å². The first kappa shape index (κ1) is 12.7. The summed E-state index contributed by atoms with van der Waals surface area (Å²) >= 11 is 5.84. The Morgan fingerprint density at radius 3 is 2.72 bits per heavy atom. The van der Waals surface area contributed by atoms with Crippen molar-refractivity contribution in [2.75, 3.05) is 5.32 Å². The summed E-state index contributed by atoms with van der Waals surface area (Å²) in [6.45, 7) is 0. The van der Waals surface area contributed by atoms with Gasteiger partial charge in [-0.1, -0.05) is 29.2 Å². The van der Waals surface area contributed by atoms with Crippen molar-refractivity contribution in [2.24, 2.45) is 16.3 Å². The summed E-state index contributed by atoms with van der Waals surface area (Å²) in [5.41, 5.74) is 5.33. The van der Waals surface area contributed by atoms with Crippen molar-refractivity contribution in [1.82, 2.24) is 0 Å². The van der Waals surface area contributed by atoms with Crippen LogP contribution in [0.1, 0.15) is 19.3 Å². The Balaban J connectivity index is 2.17. The summed E-state index contributed by atoms with van der Waals surface area (Å²) < 4.78 is 0. The first-order valence-corrected chi connectivity index (χ1v) is 6.01. The third-order valence-corrected chi connectivity index (χ3v) is 3.56. The second-order valence-corrected chi connectivity index (χ2v) is 4.82. The first-order chi connectivity index (χ1) is 8.58. The van der Waals surface area contributed by atoms with Gasteiger partial charge in [-0.2, -0.15) is 0 Å². The van der Waals surface area contributed by atoms with Crippen LogP contribution in [0.25, 0.3) is 0 Å². The quantitative estimate of drug-likeness (QED) is 0.339. The fourth-order valence-electron chi connectivity index (χ4n) is 2.04. The third kappa shape index (κ3) is 2.13. The smallest absolute Gasteiger partial charge is 0.238 e. The van der Waals surface area contributed by atoms with Crippen molar-refractivity contribution in [3.8, 4) is 0 Å². The number of oxime groups is 1. The number of rotatable bonds is 3. The number of hydrogen-bond acceptors (Lipinski definition) is 3. The Bertz CT molecular complexity index is 498. The first-order valence-electron chi connectivity index (χ1n) is 5.63. The topological polar surface area (TPSA) is 87.7 Å². The molecule has 0 atom stereocenters. The molecule has 1 aliphatic rings. The van der Waals surface area contributed by atoms with Crippen LogP contribution >= 0.6 is 11.6 Å². The number of benzene rings is 1. The standard InChI is InChI=1S/C12H14ClN3O2/c13-8-3-1-4-9(7-8)15-11(17)12(5-2-6-12)10(14)16-18/h1,3-4,7,18H,2,5-6H2,(H2,14,16)(H,15,17). The molecule has 0 bridgehead atoms. The number of carbonyl (C=O) groups is 1. The maximum atomic E-state index is 12.2. The second kappa shape index (κ2) is 4.86. The summed E-state index contributed by atoms with van der Waals surface area (Å²) in [7, 11) is 0. The molecule has 0 unspecified atom stereocenters. The Morgan fingerprint density at radius 2 is 2.22 bits per heavy atom. The minimum absolute atomic E-state index is 0.0340. The van der Waals surface area contributed by atoms with Crippen LogP contribution in [-0.4, -0.2) is 17.0 Å². The average molecular weight is 268 g/mol. The predicted molar refractivity (Wildman–Crippen MR) is 69.8 cm³/mol. The molecular formula is C12H14ClN3O2. The number of nitrogens with two attached hydrogens (primary N) is 1. The summed E-state index contributed by atoms with van der Waals surface area (Å²) in [4.78, 5) is 12.2.